The molecule has 0 aromatic heterocycles. The molecule has 2 aromatic carbocycles. The molecule has 0 heterocycles. The van der Waals surface area contributed by atoms with Crippen LogP contribution >= 0.6 is 0 Å². The number of amides is 1. The molecule has 1 aliphatic rings. The van der Waals surface area contributed by atoms with Gasteiger partial charge in [-0.1, -0.05) is 42.5 Å². The van der Waals surface area contributed by atoms with Gasteiger partial charge in [-0.25, -0.2) is 0 Å². The molecule has 2 aromatic rings. The fraction of sp³-hybridized carbons (Fsp3) is 0.300. The zero-order chi connectivity index (χ0) is 17.0. The van der Waals surface area contributed by atoms with Crippen molar-refractivity contribution in [1.82, 2.24) is 5.32 Å². The monoisotopic (exact) mass is 320 g/mol. The second-order valence-electron chi connectivity index (χ2n) is 6.32. The van der Waals surface area contributed by atoms with E-state index in [1.807, 2.05) is 54.6 Å². The van der Waals surface area contributed by atoms with Gasteiger partial charge >= 0.3 is 0 Å². The highest BCUT2D eigenvalue weighted by molar-refractivity contribution is 5.79. The first-order valence-corrected chi connectivity index (χ1v) is 8.11. The Morgan fingerprint density at radius 2 is 1.79 bits per heavy atom. The number of carbonyl (C=O) groups is 1. The highest BCUT2D eigenvalue weighted by Crippen LogP contribution is 2.39. The Bertz CT molecular complexity index is 745. The average molecular weight is 320 g/mol. The van der Waals surface area contributed by atoms with Crippen LogP contribution in [0, 0.1) is 17.2 Å². The topological polar surface area (TPSA) is 62.1 Å². The van der Waals surface area contributed by atoms with Gasteiger partial charge in [-0.05, 0) is 48.9 Å². The molecular formula is C20H20N2O2. The SMILES string of the molecule is C[C@](C#N)(NC(=O)COc1ccc(-c2ccccc2)cc1)C1CC1. The maximum atomic E-state index is 12.0. The van der Waals surface area contributed by atoms with Crippen molar-refractivity contribution < 1.29 is 9.53 Å². The Morgan fingerprint density at radius 1 is 1.17 bits per heavy atom. The Labute approximate surface area is 142 Å². The first kappa shape index (κ1) is 16.1. The van der Waals surface area contributed by atoms with Crippen LogP contribution in [-0.2, 0) is 4.79 Å². The minimum Gasteiger partial charge on any atom is -0.484 e. The lowest BCUT2D eigenvalue weighted by Gasteiger charge is -2.22. The van der Waals surface area contributed by atoms with Crippen molar-refractivity contribution in [2.24, 2.45) is 5.92 Å². The smallest absolute Gasteiger partial charge is 0.259 e. The quantitative estimate of drug-likeness (QED) is 0.885. The summed E-state index contributed by atoms with van der Waals surface area (Å²) in [5.74, 6) is 0.629. The summed E-state index contributed by atoms with van der Waals surface area (Å²) in [5, 5.41) is 12.1. The molecular weight excluding hydrogens is 300 g/mol. The fourth-order valence-electron chi connectivity index (χ4n) is 2.73. The van der Waals surface area contributed by atoms with Gasteiger partial charge in [-0.3, -0.25) is 4.79 Å². The summed E-state index contributed by atoms with van der Waals surface area (Å²) in [4.78, 5) is 12.0. The highest BCUT2D eigenvalue weighted by Gasteiger charge is 2.43. The van der Waals surface area contributed by atoms with E-state index >= 15 is 0 Å². The predicted octanol–water partition coefficient (Wildman–Crippen LogP) is 3.54. The number of carbonyl (C=O) groups excluding carboxylic acids is 1. The van der Waals surface area contributed by atoms with E-state index in [1.165, 1.54) is 0 Å². The van der Waals surface area contributed by atoms with Crippen molar-refractivity contribution in [3.63, 3.8) is 0 Å². The summed E-state index contributed by atoms with van der Waals surface area (Å²) in [5.41, 5.74) is 1.45. The molecule has 1 saturated carbocycles. The fourth-order valence-corrected chi connectivity index (χ4v) is 2.73. The summed E-state index contributed by atoms with van der Waals surface area (Å²) in [7, 11) is 0. The largest absolute Gasteiger partial charge is 0.484 e. The molecule has 24 heavy (non-hydrogen) atoms. The lowest BCUT2D eigenvalue weighted by molar-refractivity contribution is -0.124. The third-order valence-electron chi connectivity index (χ3n) is 4.36. The standard InChI is InChI=1S/C20H20N2O2/c1-20(14-21,17-9-10-17)22-19(23)13-24-18-11-7-16(8-12-18)15-5-3-2-4-6-15/h2-8,11-12,17H,9-10,13H2,1H3,(H,22,23)/t20-/m1/s1. The number of nitrogens with zero attached hydrogens (tertiary/aromatic N) is 1. The third-order valence-corrected chi connectivity index (χ3v) is 4.36. The van der Waals surface area contributed by atoms with Crippen LogP contribution in [0.2, 0.25) is 0 Å². The van der Waals surface area contributed by atoms with Crippen molar-refractivity contribution in [2.75, 3.05) is 6.61 Å². The summed E-state index contributed by atoms with van der Waals surface area (Å²) in [6, 6.07) is 19.9. The molecule has 1 amide bonds. The van der Waals surface area contributed by atoms with E-state index < -0.39 is 5.54 Å². The van der Waals surface area contributed by atoms with Crippen molar-refractivity contribution in [3.8, 4) is 22.9 Å². The van der Waals surface area contributed by atoms with Gasteiger partial charge in [0.15, 0.2) is 6.61 Å². The van der Waals surface area contributed by atoms with Crippen molar-refractivity contribution >= 4 is 5.91 Å². The number of rotatable bonds is 6. The zero-order valence-electron chi connectivity index (χ0n) is 13.7. The van der Waals surface area contributed by atoms with E-state index in [9.17, 15) is 10.1 Å². The Morgan fingerprint density at radius 3 is 2.38 bits per heavy atom. The number of hydrogen-bond donors (Lipinski definition) is 1. The van der Waals surface area contributed by atoms with Gasteiger partial charge in [-0.2, -0.15) is 5.26 Å². The molecule has 4 nitrogen and oxygen atoms in total. The van der Waals surface area contributed by atoms with E-state index in [-0.39, 0.29) is 18.4 Å². The lowest BCUT2D eigenvalue weighted by atomic mass is 9.98. The lowest BCUT2D eigenvalue weighted by Crippen LogP contribution is -2.48. The van der Waals surface area contributed by atoms with Crippen LogP contribution in [0.25, 0.3) is 11.1 Å². The Balaban J connectivity index is 1.55. The van der Waals surface area contributed by atoms with Gasteiger partial charge in [0.1, 0.15) is 11.3 Å². The molecule has 0 aliphatic heterocycles. The van der Waals surface area contributed by atoms with Crippen molar-refractivity contribution in [3.05, 3.63) is 54.6 Å². The molecule has 0 bridgehead atoms. The Hall–Kier alpha value is -2.80. The minimum atomic E-state index is -0.780. The first-order chi connectivity index (χ1) is 11.6. The molecule has 122 valence electrons. The number of nitrogens with one attached hydrogen (secondary N) is 1. The molecule has 3 rings (SSSR count). The maximum absolute atomic E-state index is 12.0. The number of benzene rings is 2. The Kier molecular flexibility index (Phi) is 4.52. The second-order valence-corrected chi connectivity index (χ2v) is 6.32. The highest BCUT2D eigenvalue weighted by atomic mass is 16.5. The molecule has 1 atom stereocenters. The van der Waals surface area contributed by atoms with Crippen LogP contribution in [0.1, 0.15) is 19.8 Å². The number of hydrogen-bond acceptors (Lipinski definition) is 3. The number of ether oxygens (including phenoxy) is 1. The van der Waals surface area contributed by atoms with Crippen molar-refractivity contribution in [1.29, 1.82) is 5.26 Å². The number of nitriles is 1. The summed E-state index contributed by atoms with van der Waals surface area (Å²) in [6.07, 6.45) is 1.98. The van der Waals surface area contributed by atoms with Crippen LogP contribution in [0.3, 0.4) is 0 Å². The van der Waals surface area contributed by atoms with Gasteiger partial charge in [-0.15, -0.1) is 0 Å². The summed E-state index contributed by atoms with van der Waals surface area (Å²) in [6.45, 7) is 1.69. The van der Waals surface area contributed by atoms with E-state index in [4.69, 9.17) is 4.74 Å². The van der Waals surface area contributed by atoms with Crippen molar-refractivity contribution in [2.45, 2.75) is 25.3 Å². The van der Waals surface area contributed by atoms with Crippen LogP contribution in [0.5, 0.6) is 5.75 Å². The molecule has 4 heteroatoms. The first-order valence-electron chi connectivity index (χ1n) is 8.11. The van der Waals surface area contributed by atoms with Gasteiger partial charge < -0.3 is 10.1 Å². The molecule has 0 saturated heterocycles. The molecule has 1 N–H and O–H groups in total. The van der Waals surface area contributed by atoms with E-state index in [1.54, 1.807) is 6.92 Å². The van der Waals surface area contributed by atoms with E-state index in [0.717, 1.165) is 24.0 Å². The predicted molar refractivity (Wildman–Crippen MR) is 92.3 cm³/mol. The van der Waals surface area contributed by atoms with Crippen LogP contribution in [0.4, 0.5) is 0 Å². The van der Waals surface area contributed by atoms with E-state index in [0.29, 0.717) is 5.75 Å². The zero-order valence-corrected chi connectivity index (χ0v) is 13.7. The van der Waals surface area contributed by atoms with Crippen LogP contribution in [-0.4, -0.2) is 18.1 Å². The second kappa shape index (κ2) is 6.76. The normalized spacial score (nSPS) is 15.8. The molecule has 0 spiro atoms. The average Bonchev–Trinajstić information content (AvgIpc) is 3.47. The van der Waals surface area contributed by atoms with Gasteiger partial charge in [0.2, 0.25) is 0 Å². The third kappa shape index (κ3) is 3.75. The summed E-state index contributed by atoms with van der Waals surface area (Å²) >= 11 is 0. The van der Waals surface area contributed by atoms with Gasteiger partial charge in [0.05, 0.1) is 6.07 Å². The van der Waals surface area contributed by atoms with Gasteiger partial charge in [0.25, 0.3) is 5.91 Å². The summed E-state index contributed by atoms with van der Waals surface area (Å²) < 4.78 is 5.53. The molecule has 1 aliphatic carbocycles. The maximum Gasteiger partial charge on any atom is 0.259 e. The van der Waals surface area contributed by atoms with Crippen LogP contribution in [0.15, 0.2) is 54.6 Å². The molecule has 1 fully saturated rings. The van der Waals surface area contributed by atoms with E-state index in [2.05, 4.69) is 11.4 Å². The molecule has 0 radical (unpaired) electrons. The van der Waals surface area contributed by atoms with Crippen LogP contribution < -0.4 is 10.1 Å². The minimum absolute atomic E-state index is 0.0886. The molecule has 0 unspecified atom stereocenters. The van der Waals surface area contributed by atoms with Gasteiger partial charge in [0, 0.05) is 0 Å².